The predicted octanol–water partition coefficient (Wildman–Crippen LogP) is 2.14. The molecule has 0 aliphatic rings. The highest BCUT2D eigenvalue weighted by Gasteiger charge is 2.13. The van der Waals surface area contributed by atoms with E-state index in [1.807, 2.05) is 12.1 Å². The van der Waals surface area contributed by atoms with Gasteiger partial charge in [0, 0.05) is 6.20 Å². The van der Waals surface area contributed by atoms with Gasteiger partial charge in [-0.3, -0.25) is 0 Å². The highest BCUT2D eigenvalue weighted by molar-refractivity contribution is 8.13. The van der Waals surface area contributed by atoms with Gasteiger partial charge in [-0.25, -0.2) is 9.98 Å². The number of aromatic nitrogens is 1. The number of nitrogens with zero attached hydrogens (tertiary/aromatic N) is 4. The van der Waals surface area contributed by atoms with Gasteiger partial charge in [-0.05, 0) is 18.4 Å². The van der Waals surface area contributed by atoms with Crippen LogP contribution < -0.4 is 0 Å². The average molecular weight is 216 g/mol. The molecule has 0 aliphatic heterocycles. The maximum absolute atomic E-state index is 8.72. The van der Waals surface area contributed by atoms with Gasteiger partial charge in [0.1, 0.15) is 5.04 Å². The fourth-order valence-corrected chi connectivity index (χ4v) is 1.43. The molecule has 1 aromatic heterocycles. The molecular weight excluding hydrogens is 208 g/mol. The van der Waals surface area contributed by atoms with Gasteiger partial charge in [0.05, 0.1) is 12.1 Å². The van der Waals surface area contributed by atoms with Crippen LogP contribution in [0, 0.1) is 28.6 Å². The Hall–Kier alpha value is -1.85. The van der Waals surface area contributed by atoms with Crippen molar-refractivity contribution in [1.29, 1.82) is 10.5 Å². The maximum atomic E-state index is 8.72. The van der Waals surface area contributed by atoms with Gasteiger partial charge in [0.15, 0.2) is 11.7 Å². The van der Waals surface area contributed by atoms with Gasteiger partial charge in [-0.2, -0.15) is 10.5 Å². The van der Waals surface area contributed by atoms with Crippen molar-refractivity contribution in [3.63, 3.8) is 0 Å². The number of hydrogen-bond donors (Lipinski definition) is 0. The Morgan fingerprint density at radius 1 is 1.47 bits per heavy atom. The highest BCUT2D eigenvalue weighted by atomic mass is 32.2. The third-order valence-corrected chi connectivity index (χ3v) is 2.33. The molecule has 0 atom stereocenters. The number of nitriles is 2. The minimum Gasteiger partial charge on any atom is -0.237 e. The number of pyridine rings is 1. The minimum atomic E-state index is -0.818. The molecule has 0 bridgehead atoms. The zero-order valence-electron chi connectivity index (χ0n) is 8.08. The molecule has 1 heterocycles. The average Bonchev–Trinajstić information content (AvgIpc) is 2.30. The van der Waals surface area contributed by atoms with Crippen molar-refractivity contribution >= 4 is 22.6 Å². The first-order valence-electron chi connectivity index (χ1n) is 4.14. The lowest BCUT2D eigenvalue weighted by atomic mass is 10.2. The molecule has 0 saturated carbocycles. The van der Waals surface area contributed by atoms with Crippen molar-refractivity contribution in [2.24, 2.45) is 10.9 Å². The van der Waals surface area contributed by atoms with Crippen LogP contribution in [-0.2, 0) is 0 Å². The van der Waals surface area contributed by atoms with Crippen LogP contribution in [0.3, 0.4) is 0 Å². The zero-order valence-corrected chi connectivity index (χ0v) is 8.90. The van der Waals surface area contributed by atoms with Crippen molar-refractivity contribution < 1.29 is 0 Å². The SMILES string of the molecule is CSC(=Nc1ccccn1)C(C#N)C#N. The predicted molar refractivity (Wildman–Crippen MR) is 59.6 cm³/mol. The van der Waals surface area contributed by atoms with E-state index in [9.17, 15) is 0 Å². The maximum Gasteiger partial charge on any atom is 0.181 e. The molecular formula is C10H8N4S. The van der Waals surface area contributed by atoms with E-state index in [1.165, 1.54) is 11.8 Å². The summed E-state index contributed by atoms with van der Waals surface area (Å²) in [5.74, 6) is -0.306. The summed E-state index contributed by atoms with van der Waals surface area (Å²) in [6.07, 6.45) is 3.40. The Morgan fingerprint density at radius 2 is 2.20 bits per heavy atom. The Morgan fingerprint density at radius 3 is 2.67 bits per heavy atom. The quantitative estimate of drug-likeness (QED) is 0.560. The molecule has 0 saturated heterocycles. The molecule has 0 aromatic carbocycles. The third-order valence-electron chi connectivity index (χ3n) is 1.59. The monoisotopic (exact) mass is 216 g/mol. The molecule has 0 N–H and O–H groups in total. The third kappa shape index (κ3) is 3.08. The largest absolute Gasteiger partial charge is 0.237 e. The van der Waals surface area contributed by atoms with E-state index >= 15 is 0 Å². The van der Waals surface area contributed by atoms with E-state index in [-0.39, 0.29) is 0 Å². The minimum absolute atomic E-state index is 0.471. The van der Waals surface area contributed by atoms with Crippen LogP contribution in [0.4, 0.5) is 5.82 Å². The zero-order chi connectivity index (χ0) is 11.1. The molecule has 1 aromatic rings. The van der Waals surface area contributed by atoms with Gasteiger partial charge in [-0.15, -0.1) is 11.8 Å². The topological polar surface area (TPSA) is 72.8 Å². The van der Waals surface area contributed by atoms with Crippen molar-refractivity contribution in [3.05, 3.63) is 24.4 Å². The number of thioether (sulfide) groups is 1. The molecule has 1 rings (SSSR count). The molecule has 0 unspecified atom stereocenters. The highest BCUT2D eigenvalue weighted by Crippen LogP contribution is 2.15. The van der Waals surface area contributed by atoms with Crippen LogP contribution in [0.2, 0.25) is 0 Å². The molecule has 4 nitrogen and oxygen atoms in total. The summed E-state index contributed by atoms with van der Waals surface area (Å²) >= 11 is 1.29. The van der Waals surface area contributed by atoms with Crippen LogP contribution >= 0.6 is 11.8 Å². The van der Waals surface area contributed by atoms with Crippen molar-refractivity contribution in [1.82, 2.24) is 4.98 Å². The van der Waals surface area contributed by atoms with Crippen molar-refractivity contribution in [3.8, 4) is 12.1 Å². The second-order valence-corrected chi connectivity index (χ2v) is 3.36. The summed E-state index contributed by atoms with van der Waals surface area (Å²) in [6.45, 7) is 0. The fourth-order valence-electron chi connectivity index (χ4n) is 0.900. The van der Waals surface area contributed by atoms with E-state index in [0.29, 0.717) is 10.9 Å². The van der Waals surface area contributed by atoms with Gasteiger partial charge in [0.25, 0.3) is 0 Å². The van der Waals surface area contributed by atoms with Crippen LogP contribution in [0.1, 0.15) is 0 Å². The van der Waals surface area contributed by atoms with Gasteiger partial charge in [-0.1, -0.05) is 6.07 Å². The summed E-state index contributed by atoms with van der Waals surface area (Å²) in [5, 5.41) is 17.9. The molecule has 15 heavy (non-hydrogen) atoms. The lowest BCUT2D eigenvalue weighted by molar-refractivity contribution is 1.16. The summed E-state index contributed by atoms with van der Waals surface area (Å²) in [6, 6.07) is 9.07. The van der Waals surface area contributed by atoms with Crippen LogP contribution in [-0.4, -0.2) is 16.3 Å². The van der Waals surface area contributed by atoms with Crippen LogP contribution in [0.5, 0.6) is 0 Å². The Labute approximate surface area is 92.3 Å². The van der Waals surface area contributed by atoms with E-state index in [4.69, 9.17) is 10.5 Å². The first-order chi connectivity index (χ1) is 7.31. The fraction of sp³-hybridized carbons (Fsp3) is 0.200. The molecule has 5 heteroatoms. The second-order valence-electron chi connectivity index (χ2n) is 2.53. The summed E-state index contributed by atoms with van der Waals surface area (Å²) < 4.78 is 0. The van der Waals surface area contributed by atoms with E-state index in [1.54, 1.807) is 30.7 Å². The summed E-state index contributed by atoms with van der Waals surface area (Å²) in [7, 11) is 0. The van der Waals surface area contributed by atoms with Gasteiger partial charge < -0.3 is 0 Å². The Balaban J connectivity index is 2.99. The molecule has 0 aliphatic carbocycles. The molecule has 74 valence electrons. The first-order valence-corrected chi connectivity index (χ1v) is 5.37. The normalized spacial score (nSPS) is 10.8. The lowest BCUT2D eigenvalue weighted by Gasteiger charge is -2.01. The van der Waals surface area contributed by atoms with E-state index < -0.39 is 5.92 Å². The standard InChI is InChI=1S/C10H8N4S/c1-15-10(8(6-11)7-12)14-9-4-2-3-5-13-9/h2-5,8H,1H3. The number of rotatable bonds is 2. The summed E-state index contributed by atoms with van der Waals surface area (Å²) in [5.41, 5.74) is 0. The molecule has 0 radical (unpaired) electrons. The van der Waals surface area contributed by atoms with Crippen molar-refractivity contribution in [2.75, 3.05) is 6.26 Å². The summed E-state index contributed by atoms with van der Waals surface area (Å²) in [4.78, 5) is 8.14. The Kier molecular flexibility index (Phi) is 4.33. The van der Waals surface area contributed by atoms with E-state index in [2.05, 4.69) is 9.98 Å². The first kappa shape index (κ1) is 11.2. The van der Waals surface area contributed by atoms with Gasteiger partial charge >= 0.3 is 0 Å². The second kappa shape index (κ2) is 5.79. The van der Waals surface area contributed by atoms with E-state index in [0.717, 1.165) is 0 Å². The number of aliphatic imine (C=N–C) groups is 1. The smallest absolute Gasteiger partial charge is 0.181 e. The van der Waals surface area contributed by atoms with Crippen LogP contribution in [0.25, 0.3) is 0 Å². The Bertz CT molecular complexity index is 413. The number of hydrogen-bond acceptors (Lipinski definition) is 5. The molecule has 0 amide bonds. The lowest BCUT2D eigenvalue weighted by Crippen LogP contribution is -2.05. The van der Waals surface area contributed by atoms with Gasteiger partial charge in [0.2, 0.25) is 0 Å². The van der Waals surface area contributed by atoms with Crippen LogP contribution in [0.15, 0.2) is 29.4 Å². The van der Waals surface area contributed by atoms with Crippen molar-refractivity contribution in [2.45, 2.75) is 0 Å². The molecule has 0 spiro atoms. The molecule has 0 fully saturated rings.